The Kier molecular flexibility index (Phi) is 5.86. The Bertz CT molecular complexity index is 334. The molecule has 17 heavy (non-hydrogen) atoms. The number of benzene rings is 1. The molecule has 1 aromatic carbocycles. The fraction of sp³-hybridized carbons (Fsp3) is 0.500. The fourth-order valence-corrected chi connectivity index (χ4v) is 1.60. The van der Waals surface area contributed by atoms with E-state index in [1.54, 1.807) is 12.1 Å². The first-order valence-electron chi connectivity index (χ1n) is 5.64. The summed E-state index contributed by atoms with van der Waals surface area (Å²) in [6, 6.07) is 6.35. The van der Waals surface area contributed by atoms with Gasteiger partial charge in [-0.15, -0.1) is 0 Å². The molecule has 5 heteroatoms. The smallest absolute Gasteiger partial charge is 0.387 e. The molecule has 0 aliphatic rings. The van der Waals surface area contributed by atoms with Crippen LogP contribution in [0, 0.1) is 0 Å². The van der Waals surface area contributed by atoms with Crippen LogP contribution in [-0.4, -0.2) is 13.2 Å². The molecule has 0 aliphatic carbocycles. The first kappa shape index (κ1) is 13.9. The van der Waals surface area contributed by atoms with E-state index in [9.17, 15) is 8.78 Å². The van der Waals surface area contributed by atoms with Crippen molar-refractivity contribution in [1.29, 1.82) is 0 Å². The summed E-state index contributed by atoms with van der Waals surface area (Å²) < 4.78 is 28.4. The molecule has 0 aliphatic heterocycles. The second-order valence-electron chi connectivity index (χ2n) is 3.84. The van der Waals surface area contributed by atoms with Crippen molar-refractivity contribution in [2.45, 2.75) is 31.9 Å². The highest BCUT2D eigenvalue weighted by atomic mass is 19.3. The number of unbranched alkanes of at least 4 members (excludes halogenated alkanes) is 1. The molecule has 0 radical (unpaired) electrons. The molecular weight excluding hydrogens is 226 g/mol. The zero-order valence-electron chi connectivity index (χ0n) is 9.61. The molecule has 0 aromatic heterocycles. The number of alkyl halides is 2. The Morgan fingerprint density at radius 1 is 1.24 bits per heavy atom. The van der Waals surface area contributed by atoms with Crippen molar-refractivity contribution in [3.8, 4) is 5.75 Å². The molecule has 3 nitrogen and oxygen atoms in total. The van der Waals surface area contributed by atoms with Crippen molar-refractivity contribution in [3.63, 3.8) is 0 Å². The van der Waals surface area contributed by atoms with Gasteiger partial charge in [-0.1, -0.05) is 18.6 Å². The van der Waals surface area contributed by atoms with Crippen molar-refractivity contribution >= 4 is 0 Å². The Balaban J connectivity index is 2.57. The second kappa shape index (κ2) is 7.19. The molecule has 0 fully saturated rings. The van der Waals surface area contributed by atoms with Gasteiger partial charge in [0, 0.05) is 6.04 Å². The highest BCUT2D eigenvalue weighted by molar-refractivity contribution is 5.30. The van der Waals surface area contributed by atoms with Gasteiger partial charge in [-0.3, -0.25) is 0 Å². The highest BCUT2D eigenvalue weighted by Gasteiger charge is 2.09. The lowest BCUT2D eigenvalue weighted by atomic mass is 10.0. The van der Waals surface area contributed by atoms with E-state index < -0.39 is 6.61 Å². The number of ether oxygens (including phenoxy) is 1. The lowest BCUT2D eigenvalue weighted by molar-refractivity contribution is -0.0499. The maximum atomic E-state index is 12.0. The van der Waals surface area contributed by atoms with Crippen molar-refractivity contribution in [3.05, 3.63) is 29.8 Å². The van der Waals surface area contributed by atoms with E-state index in [0.29, 0.717) is 6.54 Å². The third-order valence-corrected chi connectivity index (χ3v) is 2.48. The van der Waals surface area contributed by atoms with E-state index in [-0.39, 0.29) is 11.8 Å². The summed E-state index contributed by atoms with van der Waals surface area (Å²) in [5.74, 6) is 0.145. The normalized spacial score (nSPS) is 12.8. The minimum atomic E-state index is -2.81. The number of hydrogen-bond donors (Lipinski definition) is 2. The van der Waals surface area contributed by atoms with E-state index in [1.807, 2.05) is 6.07 Å². The molecule has 96 valence electrons. The molecule has 0 heterocycles. The van der Waals surface area contributed by atoms with Crippen molar-refractivity contribution in [1.82, 2.24) is 0 Å². The fourth-order valence-electron chi connectivity index (χ4n) is 1.60. The Labute approximate surface area is 99.7 Å². The van der Waals surface area contributed by atoms with E-state index in [1.165, 1.54) is 6.07 Å². The van der Waals surface area contributed by atoms with E-state index in [4.69, 9.17) is 11.5 Å². The molecule has 4 N–H and O–H groups in total. The van der Waals surface area contributed by atoms with Crippen LogP contribution in [0.1, 0.15) is 30.9 Å². The monoisotopic (exact) mass is 244 g/mol. The van der Waals surface area contributed by atoms with Crippen molar-refractivity contribution in [2.24, 2.45) is 11.5 Å². The molecule has 0 spiro atoms. The van der Waals surface area contributed by atoms with Crippen molar-refractivity contribution < 1.29 is 13.5 Å². The van der Waals surface area contributed by atoms with Gasteiger partial charge in [0.05, 0.1) is 0 Å². The van der Waals surface area contributed by atoms with Gasteiger partial charge in [-0.25, -0.2) is 0 Å². The molecule has 0 saturated carbocycles. The maximum Gasteiger partial charge on any atom is 0.387 e. The van der Waals surface area contributed by atoms with Crippen LogP contribution < -0.4 is 16.2 Å². The summed E-state index contributed by atoms with van der Waals surface area (Å²) in [4.78, 5) is 0. The highest BCUT2D eigenvalue weighted by Crippen LogP contribution is 2.22. The third-order valence-electron chi connectivity index (χ3n) is 2.48. The SMILES string of the molecule is NCCCC[C@@H](N)c1cccc(OC(F)F)c1. The van der Waals surface area contributed by atoms with Gasteiger partial charge < -0.3 is 16.2 Å². The van der Waals surface area contributed by atoms with Gasteiger partial charge in [0.1, 0.15) is 5.75 Å². The predicted octanol–water partition coefficient (Wildman–Crippen LogP) is 2.42. The van der Waals surface area contributed by atoms with Crippen LogP contribution in [0.2, 0.25) is 0 Å². The van der Waals surface area contributed by atoms with Crippen LogP contribution >= 0.6 is 0 Å². The van der Waals surface area contributed by atoms with E-state index >= 15 is 0 Å². The van der Waals surface area contributed by atoms with Gasteiger partial charge in [-0.05, 0) is 37.1 Å². The van der Waals surface area contributed by atoms with E-state index in [0.717, 1.165) is 24.8 Å². The summed E-state index contributed by atoms with van der Waals surface area (Å²) in [5.41, 5.74) is 12.1. The average molecular weight is 244 g/mol. The van der Waals surface area contributed by atoms with Crippen LogP contribution in [0.15, 0.2) is 24.3 Å². The zero-order valence-corrected chi connectivity index (χ0v) is 9.61. The van der Waals surface area contributed by atoms with Gasteiger partial charge in [0.15, 0.2) is 0 Å². The van der Waals surface area contributed by atoms with Crippen LogP contribution in [0.5, 0.6) is 5.75 Å². The number of rotatable bonds is 7. The topological polar surface area (TPSA) is 61.3 Å². The average Bonchev–Trinajstić information content (AvgIpc) is 2.28. The predicted molar refractivity (Wildman–Crippen MR) is 62.9 cm³/mol. The van der Waals surface area contributed by atoms with E-state index in [2.05, 4.69) is 4.74 Å². The molecule has 1 rings (SSSR count). The molecule has 1 atom stereocenters. The Morgan fingerprint density at radius 3 is 2.65 bits per heavy atom. The first-order valence-corrected chi connectivity index (χ1v) is 5.64. The molecular formula is C12H18F2N2O. The van der Waals surface area contributed by atoms with Gasteiger partial charge in [0.2, 0.25) is 0 Å². The number of nitrogens with two attached hydrogens (primary N) is 2. The van der Waals surface area contributed by atoms with Gasteiger partial charge in [-0.2, -0.15) is 8.78 Å². The zero-order chi connectivity index (χ0) is 12.7. The lowest BCUT2D eigenvalue weighted by Crippen LogP contribution is -2.11. The quantitative estimate of drug-likeness (QED) is 0.724. The summed E-state index contributed by atoms with van der Waals surface area (Å²) in [6.45, 7) is -2.17. The molecule has 0 saturated heterocycles. The Morgan fingerprint density at radius 2 is 2.00 bits per heavy atom. The summed E-state index contributed by atoms with van der Waals surface area (Å²) in [6.07, 6.45) is 2.63. The van der Waals surface area contributed by atoms with Crippen LogP contribution in [0.4, 0.5) is 8.78 Å². The van der Waals surface area contributed by atoms with Crippen LogP contribution in [0.3, 0.4) is 0 Å². The van der Waals surface area contributed by atoms with Crippen LogP contribution in [-0.2, 0) is 0 Å². The Hall–Kier alpha value is -1.20. The molecule has 1 aromatic rings. The standard InChI is InChI=1S/C12H18F2N2O/c13-12(14)17-10-5-3-4-9(8-10)11(16)6-1-2-7-15/h3-5,8,11-12H,1-2,6-7,15-16H2/t11-/m1/s1. The minimum absolute atomic E-state index is 0.145. The van der Waals surface area contributed by atoms with Crippen LogP contribution in [0.25, 0.3) is 0 Å². The molecule has 0 amide bonds. The first-order chi connectivity index (χ1) is 8.13. The third kappa shape index (κ3) is 5.10. The largest absolute Gasteiger partial charge is 0.435 e. The maximum absolute atomic E-state index is 12.0. The second-order valence-corrected chi connectivity index (χ2v) is 3.84. The number of halogens is 2. The molecule has 0 unspecified atom stereocenters. The lowest BCUT2D eigenvalue weighted by Gasteiger charge is -2.13. The summed E-state index contributed by atoms with van der Waals surface area (Å²) >= 11 is 0. The molecule has 0 bridgehead atoms. The summed E-state index contributed by atoms with van der Waals surface area (Å²) in [7, 11) is 0. The van der Waals surface area contributed by atoms with Crippen molar-refractivity contribution in [2.75, 3.05) is 6.54 Å². The minimum Gasteiger partial charge on any atom is -0.435 e. The number of hydrogen-bond acceptors (Lipinski definition) is 3. The van der Waals surface area contributed by atoms with Gasteiger partial charge in [0.25, 0.3) is 0 Å². The summed E-state index contributed by atoms with van der Waals surface area (Å²) in [5, 5.41) is 0. The van der Waals surface area contributed by atoms with Gasteiger partial charge >= 0.3 is 6.61 Å².